The molecule has 0 N–H and O–H groups in total. The average molecular weight is 711 g/mol. The van der Waals surface area contributed by atoms with Crippen molar-refractivity contribution in [1.82, 2.24) is 0 Å². The molecule has 0 radical (unpaired) electrons. The van der Waals surface area contributed by atoms with Crippen molar-refractivity contribution in [2.75, 3.05) is 13.2 Å². The molecule has 0 rings (SSSR count). The second-order valence-corrected chi connectivity index (χ2v) is 16.8. The molecule has 4 nitrogen and oxygen atoms in total. The molecule has 0 aromatic heterocycles. The van der Waals surface area contributed by atoms with E-state index < -0.39 is 0 Å². The predicted molar refractivity (Wildman–Crippen MR) is 217 cm³/mol. The molecule has 0 saturated carbocycles. The Hall–Kier alpha value is -0.710. The first kappa shape index (κ1) is 48.3. The van der Waals surface area contributed by atoms with Crippen LogP contribution in [0.3, 0.4) is 0 Å². The van der Waals surface area contributed by atoms with Crippen molar-refractivity contribution < 1.29 is 19.1 Å². The lowest BCUT2D eigenvalue weighted by Gasteiger charge is -2.16. The van der Waals surface area contributed by atoms with Crippen LogP contribution >= 0.6 is 11.8 Å². The van der Waals surface area contributed by atoms with Gasteiger partial charge in [-0.1, -0.05) is 219 Å². The highest BCUT2D eigenvalue weighted by Gasteiger charge is 2.23. The molecule has 292 valence electrons. The molecule has 2 atom stereocenters. The summed E-state index contributed by atoms with van der Waals surface area (Å²) in [5.74, 6) is -0.427. The lowest BCUT2D eigenvalue weighted by atomic mass is 10.0. The maximum absolute atomic E-state index is 12.4. The fourth-order valence-electron chi connectivity index (χ4n) is 6.65. The van der Waals surface area contributed by atoms with Gasteiger partial charge in [0.1, 0.15) is 10.5 Å². The molecule has 2 unspecified atom stereocenters. The first-order chi connectivity index (χ1) is 24.0. The summed E-state index contributed by atoms with van der Waals surface area (Å²) < 4.78 is 11.0. The largest absolute Gasteiger partial charge is 0.465 e. The first-order valence-electron chi connectivity index (χ1n) is 22.0. The minimum absolute atomic E-state index is 0.214. The smallest absolute Gasteiger partial charge is 0.318 e. The second-order valence-electron chi connectivity index (χ2n) is 15.1. The fourth-order valence-corrected chi connectivity index (χ4v) is 7.62. The highest BCUT2D eigenvalue weighted by Crippen LogP contribution is 2.21. The summed E-state index contributed by atoms with van der Waals surface area (Å²) in [6, 6.07) is 0. The molecule has 0 aliphatic rings. The Balaban J connectivity index is 3.47. The van der Waals surface area contributed by atoms with E-state index in [0.29, 0.717) is 13.2 Å². The van der Waals surface area contributed by atoms with Gasteiger partial charge in [-0.15, -0.1) is 11.8 Å². The molecule has 0 amide bonds. The Bertz CT molecular complexity index is 628. The summed E-state index contributed by atoms with van der Waals surface area (Å²) in [7, 11) is 0. The fraction of sp³-hybridized carbons (Fsp3) is 0.955. The molecule has 0 aliphatic heterocycles. The van der Waals surface area contributed by atoms with Crippen molar-refractivity contribution in [1.29, 1.82) is 0 Å². The molecule has 0 aromatic carbocycles. The maximum atomic E-state index is 12.4. The number of hydrogen-bond donors (Lipinski definition) is 0. The van der Waals surface area contributed by atoms with Gasteiger partial charge in [-0.25, -0.2) is 0 Å². The van der Waals surface area contributed by atoms with E-state index in [1.54, 1.807) is 0 Å². The normalized spacial score (nSPS) is 12.7. The summed E-state index contributed by atoms with van der Waals surface area (Å²) in [5.41, 5.74) is 0. The SMILES string of the molecule is CCCCCCCCCCCCCCCCCCCOC(=O)C(C)SC(C)C(=O)OCCCCCCCCCCCCCCCCCCC. The summed E-state index contributed by atoms with van der Waals surface area (Å²) in [6.07, 6.45) is 45.6. The van der Waals surface area contributed by atoms with Gasteiger partial charge in [-0.2, -0.15) is 0 Å². The molecule has 0 saturated heterocycles. The van der Waals surface area contributed by atoms with E-state index in [2.05, 4.69) is 13.8 Å². The zero-order valence-electron chi connectivity index (χ0n) is 33.7. The lowest BCUT2D eigenvalue weighted by Crippen LogP contribution is -2.25. The molecule has 0 bridgehead atoms. The molecule has 0 aromatic rings. The van der Waals surface area contributed by atoms with Gasteiger partial charge < -0.3 is 9.47 Å². The Morgan fingerprint density at radius 1 is 0.347 bits per heavy atom. The molecule has 5 heteroatoms. The standard InChI is InChI=1S/C44H86O4S/c1-5-7-9-11-13-15-17-19-21-23-25-27-29-31-33-35-37-39-47-43(45)41(3)49-42(4)44(46)48-40-38-36-34-32-30-28-26-24-22-20-18-16-14-12-10-8-6-2/h41-42H,5-40H2,1-4H3. The maximum Gasteiger partial charge on any atom is 0.318 e. The van der Waals surface area contributed by atoms with Crippen molar-refractivity contribution in [3.63, 3.8) is 0 Å². The molecular formula is C44H86O4S. The summed E-state index contributed by atoms with van der Waals surface area (Å²) in [4.78, 5) is 24.8. The summed E-state index contributed by atoms with van der Waals surface area (Å²) in [6.45, 7) is 9.21. The van der Waals surface area contributed by atoms with E-state index in [1.165, 1.54) is 204 Å². The Morgan fingerprint density at radius 3 is 0.735 bits per heavy atom. The Kier molecular flexibility index (Phi) is 39.5. The minimum Gasteiger partial charge on any atom is -0.465 e. The first-order valence-corrected chi connectivity index (χ1v) is 23.0. The van der Waals surface area contributed by atoms with Crippen LogP contribution in [0.15, 0.2) is 0 Å². The van der Waals surface area contributed by atoms with Crippen molar-refractivity contribution in [3.05, 3.63) is 0 Å². The van der Waals surface area contributed by atoms with Crippen molar-refractivity contribution >= 4 is 23.7 Å². The number of hydrogen-bond acceptors (Lipinski definition) is 5. The Morgan fingerprint density at radius 2 is 0.531 bits per heavy atom. The molecule has 0 heterocycles. The van der Waals surface area contributed by atoms with E-state index in [9.17, 15) is 9.59 Å². The van der Waals surface area contributed by atoms with Crippen LogP contribution < -0.4 is 0 Å². The van der Waals surface area contributed by atoms with E-state index in [1.807, 2.05) is 13.8 Å². The quantitative estimate of drug-likeness (QED) is 0.0468. The van der Waals surface area contributed by atoms with E-state index >= 15 is 0 Å². The Labute approximate surface area is 311 Å². The second kappa shape index (κ2) is 40.1. The minimum atomic E-state index is -0.353. The third-order valence-corrected chi connectivity index (χ3v) is 11.3. The van der Waals surface area contributed by atoms with Crippen molar-refractivity contribution in [3.8, 4) is 0 Å². The van der Waals surface area contributed by atoms with Gasteiger partial charge in [-0.05, 0) is 26.7 Å². The van der Waals surface area contributed by atoms with Gasteiger partial charge in [0.2, 0.25) is 0 Å². The van der Waals surface area contributed by atoms with Gasteiger partial charge >= 0.3 is 11.9 Å². The highest BCUT2D eigenvalue weighted by molar-refractivity contribution is 8.01. The van der Waals surface area contributed by atoms with Gasteiger partial charge in [-0.3, -0.25) is 9.59 Å². The summed E-state index contributed by atoms with van der Waals surface area (Å²) >= 11 is 1.35. The van der Waals surface area contributed by atoms with Gasteiger partial charge in [0, 0.05) is 0 Å². The van der Waals surface area contributed by atoms with Gasteiger partial charge in [0.25, 0.3) is 0 Å². The van der Waals surface area contributed by atoms with Crippen LogP contribution in [0.4, 0.5) is 0 Å². The van der Waals surface area contributed by atoms with Crippen LogP contribution in [0.5, 0.6) is 0 Å². The van der Waals surface area contributed by atoms with Gasteiger partial charge in [0.15, 0.2) is 0 Å². The third-order valence-electron chi connectivity index (χ3n) is 10.1. The number of rotatable bonds is 40. The van der Waals surface area contributed by atoms with Crippen molar-refractivity contribution in [2.45, 2.75) is 257 Å². The van der Waals surface area contributed by atoms with Crippen LogP contribution in [-0.2, 0) is 19.1 Å². The third kappa shape index (κ3) is 36.9. The topological polar surface area (TPSA) is 52.6 Å². The zero-order valence-corrected chi connectivity index (χ0v) is 34.5. The lowest BCUT2D eigenvalue weighted by molar-refractivity contribution is -0.142. The number of thioether (sulfide) groups is 1. The van der Waals surface area contributed by atoms with Crippen LogP contribution in [0.1, 0.15) is 246 Å². The zero-order chi connectivity index (χ0) is 35.9. The monoisotopic (exact) mass is 711 g/mol. The molecule has 0 spiro atoms. The predicted octanol–water partition coefficient (Wildman–Crippen LogP) is 14.9. The number of ether oxygens (including phenoxy) is 2. The number of carbonyl (C=O) groups is 2. The highest BCUT2D eigenvalue weighted by atomic mass is 32.2. The molecule has 49 heavy (non-hydrogen) atoms. The molecule has 0 fully saturated rings. The van der Waals surface area contributed by atoms with E-state index in [4.69, 9.17) is 9.47 Å². The number of unbranched alkanes of at least 4 members (excludes halogenated alkanes) is 32. The van der Waals surface area contributed by atoms with Crippen LogP contribution in [-0.4, -0.2) is 35.7 Å². The van der Waals surface area contributed by atoms with Crippen molar-refractivity contribution in [2.24, 2.45) is 0 Å². The molecule has 0 aliphatic carbocycles. The number of carbonyl (C=O) groups excluding carboxylic acids is 2. The number of esters is 2. The van der Waals surface area contributed by atoms with E-state index in [-0.39, 0.29) is 22.4 Å². The summed E-state index contributed by atoms with van der Waals surface area (Å²) in [5, 5.41) is -0.706. The van der Waals surface area contributed by atoms with Gasteiger partial charge in [0.05, 0.1) is 13.2 Å². The van der Waals surface area contributed by atoms with Crippen LogP contribution in [0.2, 0.25) is 0 Å². The average Bonchev–Trinajstić information content (AvgIpc) is 3.10. The van der Waals surface area contributed by atoms with Crippen LogP contribution in [0.25, 0.3) is 0 Å². The van der Waals surface area contributed by atoms with Crippen LogP contribution in [0, 0.1) is 0 Å². The molecular weight excluding hydrogens is 625 g/mol. The van der Waals surface area contributed by atoms with E-state index in [0.717, 1.165) is 25.7 Å².